The molecule has 0 atom stereocenters. The van der Waals surface area contributed by atoms with E-state index in [0.717, 1.165) is 24.3 Å². The third-order valence-electron chi connectivity index (χ3n) is 4.83. The van der Waals surface area contributed by atoms with Crippen molar-refractivity contribution >= 4 is 28.9 Å². The Kier molecular flexibility index (Phi) is 5.19. The summed E-state index contributed by atoms with van der Waals surface area (Å²) in [6.07, 6.45) is 2.53. The van der Waals surface area contributed by atoms with Crippen molar-refractivity contribution in [2.24, 2.45) is 0 Å². The van der Waals surface area contributed by atoms with Gasteiger partial charge in [-0.05, 0) is 68.3 Å². The SMILES string of the molecule is Cc1ccc(C(=O)Nc2ccc(Nc3ccc(N4CCCC4)cc3)nn2)cc1. The smallest absolute Gasteiger partial charge is 0.256 e. The number of hydrogen-bond acceptors (Lipinski definition) is 5. The fraction of sp³-hybridized carbons (Fsp3) is 0.227. The number of nitrogens with zero attached hydrogens (tertiary/aromatic N) is 3. The lowest BCUT2D eigenvalue weighted by atomic mass is 10.1. The number of nitrogens with one attached hydrogen (secondary N) is 2. The second-order valence-electron chi connectivity index (χ2n) is 6.99. The summed E-state index contributed by atoms with van der Waals surface area (Å²) >= 11 is 0. The molecule has 1 amide bonds. The second kappa shape index (κ2) is 8.08. The van der Waals surface area contributed by atoms with Gasteiger partial charge in [0.05, 0.1) is 0 Å². The highest BCUT2D eigenvalue weighted by Gasteiger charge is 2.12. The molecule has 142 valence electrons. The zero-order chi connectivity index (χ0) is 19.3. The number of carbonyl (C=O) groups excluding carboxylic acids is 1. The maximum Gasteiger partial charge on any atom is 0.256 e. The van der Waals surface area contributed by atoms with Crippen molar-refractivity contribution in [3.63, 3.8) is 0 Å². The van der Waals surface area contributed by atoms with Crippen molar-refractivity contribution in [1.82, 2.24) is 10.2 Å². The Morgan fingerprint density at radius 2 is 1.50 bits per heavy atom. The van der Waals surface area contributed by atoms with Crippen LogP contribution in [0, 0.1) is 6.92 Å². The van der Waals surface area contributed by atoms with E-state index in [9.17, 15) is 4.79 Å². The Labute approximate surface area is 164 Å². The van der Waals surface area contributed by atoms with E-state index in [0.29, 0.717) is 17.2 Å². The molecule has 1 aromatic heterocycles. The van der Waals surface area contributed by atoms with Crippen LogP contribution in [0.25, 0.3) is 0 Å². The molecule has 0 unspecified atom stereocenters. The standard InChI is InChI=1S/C22H23N5O/c1-16-4-6-17(7-5-16)22(28)24-21-13-12-20(25-26-21)23-18-8-10-19(11-9-18)27-14-2-3-15-27/h4-13H,2-3,14-15H2,1H3,(H,23,25)(H,24,26,28). The molecule has 2 heterocycles. The highest BCUT2D eigenvalue weighted by Crippen LogP contribution is 2.23. The fourth-order valence-electron chi connectivity index (χ4n) is 3.24. The molecule has 0 bridgehead atoms. The predicted octanol–water partition coefficient (Wildman–Crippen LogP) is 4.38. The van der Waals surface area contributed by atoms with Gasteiger partial charge in [0.15, 0.2) is 11.6 Å². The van der Waals surface area contributed by atoms with Crippen LogP contribution < -0.4 is 15.5 Å². The largest absolute Gasteiger partial charge is 0.372 e. The third-order valence-corrected chi connectivity index (χ3v) is 4.83. The van der Waals surface area contributed by atoms with Crippen molar-refractivity contribution in [2.45, 2.75) is 19.8 Å². The first-order chi connectivity index (χ1) is 13.7. The van der Waals surface area contributed by atoms with Gasteiger partial charge < -0.3 is 15.5 Å². The summed E-state index contributed by atoms with van der Waals surface area (Å²) in [5.74, 6) is 0.843. The van der Waals surface area contributed by atoms with Gasteiger partial charge in [0.1, 0.15) is 0 Å². The molecular formula is C22H23N5O. The molecule has 1 fully saturated rings. The number of anilines is 4. The van der Waals surface area contributed by atoms with E-state index in [2.05, 4.69) is 37.9 Å². The van der Waals surface area contributed by atoms with Crippen LogP contribution in [0.15, 0.2) is 60.7 Å². The fourth-order valence-corrected chi connectivity index (χ4v) is 3.24. The summed E-state index contributed by atoms with van der Waals surface area (Å²) in [5.41, 5.74) is 3.91. The van der Waals surface area contributed by atoms with E-state index >= 15 is 0 Å². The molecule has 1 aliphatic heterocycles. The van der Waals surface area contributed by atoms with Crippen LogP contribution in [-0.2, 0) is 0 Å². The van der Waals surface area contributed by atoms with E-state index in [4.69, 9.17) is 0 Å². The van der Waals surface area contributed by atoms with Gasteiger partial charge in [0.2, 0.25) is 0 Å². The summed E-state index contributed by atoms with van der Waals surface area (Å²) in [6.45, 7) is 4.25. The van der Waals surface area contributed by atoms with Crippen LogP contribution in [0.2, 0.25) is 0 Å². The lowest BCUT2D eigenvalue weighted by Gasteiger charge is -2.17. The summed E-state index contributed by atoms with van der Waals surface area (Å²) < 4.78 is 0. The van der Waals surface area contributed by atoms with Gasteiger partial charge in [-0.3, -0.25) is 4.79 Å². The molecule has 2 aromatic carbocycles. The molecule has 0 radical (unpaired) electrons. The summed E-state index contributed by atoms with van der Waals surface area (Å²) in [7, 11) is 0. The molecule has 1 aliphatic rings. The Bertz CT molecular complexity index is 930. The first-order valence-corrected chi connectivity index (χ1v) is 9.51. The van der Waals surface area contributed by atoms with Crippen LogP contribution >= 0.6 is 0 Å². The molecule has 3 aromatic rings. The Hall–Kier alpha value is -3.41. The molecule has 4 rings (SSSR count). The molecule has 1 saturated heterocycles. The highest BCUT2D eigenvalue weighted by atomic mass is 16.1. The van der Waals surface area contributed by atoms with Crippen molar-refractivity contribution in [1.29, 1.82) is 0 Å². The average molecular weight is 373 g/mol. The van der Waals surface area contributed by atoms with E-state index in [1.807, 2.05) is 31.2 Å². The normalized spacial score (nSPS) is 13.4. The molecule has 0 aliphatic carbocycles. The van der Waals surface area contributed by atoms with Gasteiger partial charge in [-0.15, -0.1) is 10.2 Å². The van der Waals surface area contributed by atoms with Crippen LogP contribution in [0.3, 0.4) is 0 Å². The highest BCUT2D eigenvalue weighted by molar-refractivity contribution is 6.03. The zero-order valence-corrected chi connectivity index (χ0v) is 15.9. The van der Waals surface area contributed by atoms with E-state index in [-0.39, 0.29) is 5.91 Å². The number of carbonyl (C=O) groups is 1. The maximum atomic E-state index is 12.2. The van der Waals surface area contributed by atoms with Crippen LogP contribution in [0.4, 0.5) is 23.0 Å². The molecule has 0 saturated carbocycles. The second-order valence-corrected chi connectivity index (χ2v) is 6.99. The minimum absolute atomic E-state index is 0.201. The topological polar surface area (TPSA) is 70.2 Å². The lowest BCUT2D eigenvalue weighted by Crippen LogP contribution is -2.17. The van der Waals surface area contributed by atoms with E-state index in [1.54, 1.807) is 24.3 Å². The number of hydrogen-bond donors (Lipinski definition) is 2. The predicted molar refractivity (Wildman–Crippen MR) is 112 cm³/mol. The van der Waals surface area contributed by atoms with Crippen molar-refractivity contribution in [2.75, 3.05) is 28.6 Å². The van der Waals surface area contributed by atoms with Gasteiger partial charge in [-0.25, -0.2) is 0 Å². The number of aryl methyl sites for hydroxylation is 1. The van der Waals surface area contributed by atoms with Gasteiger partial charge in [-0.1, -0.05) is 17.7 Å². The van der Waals surface area contributed by atoms with Gasteiger partial charge >= 0.3 is 0 Å². The maximum absolute atomic E-state index is 12.2. The third kappa shape index (κ3) is 4.28. The zero-order valence-electron chi connectivity index (χ0n) is 15.9. The Morgan fingerprint density at radius 1 is 0.857 bits per heavy atom. The number of amides is 1. The Balaban J connectivity index is 1.36. The van der Waals surface area contributed by atoms with Crippen LogP contribution in [0.5, 0.6) is 0 Å². The quantitative estimate of drug-likeness (QED) is 0.694. The first kappa shape index (κ1) is 18.0. The molecule has 6 nitrogen and oxygen atoms in total. The lowest BCUT2D eigenvalue weighted by molar-refractivity contribution is 0.102. The summed E-state index contributed by atoms with van der Waals surface area (Å²) in [6, 6.07) is 19.3. The number of aromatic nitrogens is 2. The van der Waals surface area contributed by atoms with Gasteiger partial charge in [0.25, 0.3) is 5.91 Å². The minimum atomic E-state index is -0.201. The van der Waals surface area contributed by atoms with Crippen molar-refractivity contribution in [3.8, 4) is 0 Å². The van der Waals surface area contributed by atoms with Crippen molar-refractivity contribution in [3.05, 3.63) is 71.8 Å². The first-order valence-electron chi connectivity index (χ1n) is 9.51. The number of rotatable bonds is 5. The average Bonchev–Trinajstić information content (AvgIpc) is 3.25. The van der Waals surface area contributed by atoms with Gasteiger partial charge in [0, 0.05) is 30.0 Å². The molecule has 0 spiro atoms. The number of benzene rings is 2. The van der Waals surface area contributed by atoms with E-state index in [1.165, 1.54) is 18.5 Å². The van der Waals surface area contributed by atoms with E-state index < -0.39 is 0 Å². The van der Waals surface area contributed by atoms with Crippen LogP contribution in [0.1, 0.15) is 28.8 Å². The molecule has 2 N–H and O–H groups in total. The summed E-state index contributed by atoms with van der Waals surface area (Å²) in [4.78, 5) is 14.6. The monoisotopic (exact) mass is 373 g/mol. The summed E-state index contributed by atoms with van der Waals surface area (Å²) in [5, 5.41) is 14.2. The van der Waals surface area contributed by atoms with Crippen molar-refractivity contribution < 1.29 is 4.79 Å². The van der Waals surface area contributed by atoms with Gasteiger partial charge in [-0.2, -0.15) is 0 Å². The van der Waals surface area contributed by atoms with Crippen LogP contribution in [-0.4, -0.2) is 29.2 Å². The minimum Gasteiger partial charge on any atom is -0.372 e. The molecule has 28 heavy (non-hydrogen) atoms. The molecule has 6 heteroatoms. The molecular weight excluding hydrogens is 350 g/mol. The Morgan fingerprint density at radius 3 is 2.14 bits per heavy atom.